The van der Waals surface area contributed by atoms with Gasteiger partial charge in [0.05, 0.1) is 17.9 Å². The number of rotatable bonds is 2. The molecule has 1 aliphatic heterocycles. The van der Waals surface area contributed by atoms with E-state index in [1.54, 1.807) is 6.20 Å². The van der Waals surface area contributed by atoms with Gasteiger partial charge in [-0.25, -0.2) is 4.98 Å². The summed E-state index contributed by atoms with van der Waals surface area (Å²) in [6.07, 6.45) is 10.1. The second-order valence-electron chi connectivity index (χ2n) is 6.90. The van der Waals surface area contributed by atoms with Gasteiger partial charge in [0.1, 0.15) is 5.65 Å². The molecule has 0 radical (unpaired) electrons. The fourth-order valence-corrected chi connectivity index (χ4v) is 4.18. The number of nitrogens with zero attached hydrogens (tertiary/aromatic N) is 3. The third kappa shape index (κ3) is 2.30. The Balaban J connectivity index is 1.75. The summed E-state index contributed by atoms with van der Waals surface area (Å²) in [7, 11) is 2.00. The smallest absolute Gasteiger partial charge is 0.256 e. The maximum Gasteiger partial charge on any atom is 0.256 e. The van der Waals surface area contributed by atoms with Crippen molar-refractivity contribution in [2.24, 2.45) is 13.0 Å². The molecule has 2 aromatic rings. The third-order valence-corrected chi connectivity index (χ3v) is 5.64. The minimum absolute atomic E-state index is 0.00301. The SMILES string of the molecule is CC[C@H]1CC[C@H](N2CNC(=O)c3cnc4c(ccn4C)c32)CC1. The average Bonchev–Trinajstić information content (AvgIpc) is 2.97. The molecule has 0 aromatic carbocycles. The van der Waals surface area contributed by atoms with Crippen LogP contribution in [0.5, 0.6) is 0 Å². The van der Waals surface area contributed by atoms with Crippen molar-refractivity contribution in [2.75, 3.05) is 11.6 Å². The second-order valence-corrected chi connectivity index (χ2v) is 6.90. The summed E-state index contributed by atoms with van der Waals surface area (Å²) in [6, 6.07) is 2.60. The highest BCUT2D eigenvalue weighted by Crippen LogP contribution is 2.37. The highest BCUT2D eigenvalue weighted by Gasteiger charge is 2.32. The Labute approximate surface area is 136 Å². The molecule has 0 bridgehead atoms. The van der Waals surface area contributed by atoms with Crippen molar-refractivity contribution in [3.63, 3.8) is 0 Å². The maximum atomic E-state index is 12.3. The summed E-state index contributed by atoms with van der Waals surface area (Å²) in [5, 5.41) is 4.12. The Morgan fingerprint density at radius 2 is 2.09 bits per heavy atom. The van der Waals surface area contributed by atoms with Crippen LogP contribution in [0.2, 0.25) is 0 Å². The summed E-state index contributed by atoms with van der Waals surface area (Å²) in [4.78, 5) is 19.2. The van der Waals surface area contributed by atoms with E-state index in [1.165, 1.54) is 32.1 Å². The van der Waals surface area contributed by atoms with E-state index in [4.69, 9.17) is 0 Å². The van der Waals surface area contributed by atoms with Crippen LogP contribution >= 0.6 is 0 Å². The molecule has 2 aromatic heterocycles. The molecule has 1 fully saturated rings. The van der Waals surface area contributed by atoms with Gasteiger partial charge in [0.2, 0.25) is 0 Å². The van der Waals surface area contributed by atoms with Gasteiger partial charge in [0, 0.05) is 30.9 Å². The number of carbonyl (C=O) groups is 1. The van der Waals surface area contributed by atoms with Gasteiger partial charge >= 0.3 is 0 Å². The van der Waals surface area contributed by atoms with Crippen LogP contribution in [-0.4, -0.2) is 28.2 Å². The number of hydrogen-bond donors (Lipinski definition) is 1. The van der Waals surface area contributed by atoms with Gasteiger partial charge in [-0.3, -0.25) is 4.79 Å². The second kappa shape index (κ2) is 5.55. The summed E-state index contributed by atoms with van der Waals surface area (Å²) in [6.45, 7) is 2.90. The number of anilines is 1. The molecule has 1 aliphatic carbocycles. The van der Waals surface area contributed by atoms with Crippen LogP contribution in [0, 0.1) is 5.92 Å². The monoisotopic (exact) mass is 312 g/mol. The molecule has 5 heteroatoms. The van der Waals surface area contributed by atoms with E-state index >= 15 is 0 Å². The molecule has 0 saturated heterocycles. The quantitative estimate of drug-likeness (QED) is 0.927. The molecule has 0 spiro atoms. The molecule has 4 rings (SSSR count). The van der Waals surface area contributed by atoms with Crippen LogP contribution in [0.1, 0.15) is 49.4 Å². The van der Waals surface area contributed by atoms with E-state index in [9.17, 15) is 4.79 Å². The van der Waals surface area contributed by atoms with Crippen LogP contribution in [0.15, 0.2) is 18.5 Å². The van der Waals surface area contributed by atoms with Crippen LogP contribution in [0.4, 0.5) is 5.69 Å². The topological polar surface area (TPSA) is 50.2 Å². The number of aromatic nitrogens is 2. The highest BCUT2D eigenvalue weighted by molar-refractivity contribution is 6.08. The van der Waals surface area contributed by atoms with Crippen molar-refractivity contribution in [1.29, 1.82) is 0 Å². The van der Waals surface area contributed by atoms with Crippen LogP contribution in [0.3, 0.4) is 0 Å². The predicted molar refractivity (Wildman–Crippen MR) is 91.6 cm³/mol. The first-order chi connectivity index (χ1) is 11.2. The van der Waals surface area contributed by atoms with E-state index in [-0.39, 0.29) is 5.91 Å². The number of fused-ring (bicyclic) bond motifs is 3. The van der Waals surface area contributed by atoms with E-state index in [2.05, 4.69) is 28.2 Å². The molecule has 1 saturated carbocycles. The van der Waals surface area contributed by atoms with Gasteiger partial charge in [-0.15, -0.1) is 0 Å². The molecular weight excluding hydrogens is 288 g/mol. The molecule has 3 heterocycles. The molecule has 1 N–H and O–H groups in total. The van der Waals surface area contributed by atoms with Crippen LogP contribution in [-0.2, 0) is 7.05 Å². The first kappa shape index (κ1) is 14.5. The molecule has 1 amide bonds. The summed E-state index contributed by atoms with van der Waals surface area (Å²) >= 11 is 0. The predicted octanol–water partition coefficient (Wildman–Crippen LogP) is 3.05. The molecule has 23 heavy (non-hydrogen) atoms. The Bertz CT molecular complexity index is 743. The van der Waals surface area contributed by atoms with E-state index in [0.29, 0.717) is 18.3 Å². The number of nitrogens with one attached hydrogen (secondary N) is 1. The van der Waals surface area contributed by atoms with Crippen molar-refractivity contribution in [2.45, 2.75) is 45.1 Å². The zero-order chi connectivity index (χ0) is 16.0. The Morgan fingerprint density at radius 3 is 2.83 bits per heavy atom. The van der Waals surface area contributed by atoms with Gasteiger partial charge in [0.15, 0.2) is 0 Å². The number of pyridine rings is 1. The van der Waals surface area contributed by atoms with Gasteiger partial charge in [0.25, 0.3) is 5.91 Å². The van der Waals surface area contributed by atoms with Gasteiger partial charge in [-0.2, -0.15) is 0 Å². The lowest BCUT2D eigenvalue weighted by Crippen LogP contribution is -2.49. The third-order valence-electron chi connectivity index (χ3n) is 5.64. The minimum Gasteiger partial charge on any atom is -0.350 e. The lowest BCUT2D eigenvalue weighted by molar-refractivity contribution is 0.0944. The molecule has 122 valence electrons. The number of hydrogen-bond acceptors (Lipinski definition) is 3. The molecule has 0 unspecified atom stereocenters. The Kier molecular flexibility index (Phi) is 3.51. The first-order valence-electron chi connectivity index (χ1n) is 8.68. The molecule has 0 atom stereocenters. The van der Waals surface area contributed by atoms with Crippen molar-refractivity contribution in [3.05, 3.63) is 24.0 Å². The van der Waals surface area contributed by atoms with Crippen molar-refractivity contribution in [1.82, 2.24) is 14.9 Å². The van der Waals surface area contributed by atoms with E-state index in [1.807, 2.05) is 17.8 Å². The normalized spacial score (nSPS) is 24.6. The van der Waals surface area contributed by atoms with E-state index in [0.717, 1.165) is 22.6 Å². The Hall–Kier alpha value is -2.04. The summed E-state index contributed by atoms with van der Waals surface area (Å²) < 4.78 is 2.02. The first-order valence-corrected chi connectivity index (χ1v) is 8.68. The van der Waals surface area contributed by atoms with Crippen LogP contribution in [0.25, 0.3) is 11.0 Å². The number of carbonyl (C=O) groups excluding carboxylic acids is 1. The highest BCUT2D eigenvalue weighted by atomic mass is 16.2. The molecule has 2 aliphatic rings. The van der Waals surface area contributed by atoms with E-state index < -0.39 is 0 Å². The molecule has 5 nitrogen and oxygen atoms in total. The minimum atomic E-state index is -0.00301. The fourth-order valence-electron chi connectivity index (χ4n) is 4.18. The Morgan fingerprint density at radius 1 is 1.30 bits per heavy atom. The fraction of sp³-hybridized carbons (Fsp3) is 0.556. The lowest BCUT2D eigenvalue weighted by Gasteiger charge is -2.41. The van der Waals surface area contributed by atoms with Crippen molar-refractivity contribution < 1.29 is 4.79 Å². The zero-order valence-electron chi connectivity index (χ0n) is 13.9. The van der Waals surface area contributed by atoms with Crippen molar-refractivity contribution >= 4 is 22.6 Å². The molecular formula is C18H24N4O. The van der Waals surface area contributed by atoms with Crippen molar-refractivity contribution in [3.8, 4) is 0 Å². The van der Waals surface area contributed by atoms with Crippen LogP contribution < -0.4 is 10.2 Å². The number of amides is 1. The largest absolute Gasteiger partial charge is 0.350 e. The lowest BCUT2D eigenvalue weighted by atomic mass is 9.83. The van der Waals surface area contributed by atoms with Gasteiger partial charge < -0.3 is 14.8 Å². The average molecular weight is 312 g/mol. The van der Waals surface area contributed by atoms with Gasteiger partial charge in [-0.1, -0.05) is 13.3 Å². The maximum absolute atomic E-state index is 12.3. The standard InChI is InChI=1S/C18H24N4O/c1-3-12-4-6-13(7-5-12)22-11-20-18(23)15-10-19-17-14(16(15)22)8-9-21(17)2/h8-10,12-13H,3-7,11H2,1-2H3,(H,20,23)/t12-,13-. The number of aryl methyl sites for hydroxylation is 1. The summed E-state index contributed by atoms with van der Waals surface area (Å²) in [5.74, 6) is 0.871. The van der Waals surface area contributed by atoms with Gasteiger partial charge in [-0.05, 0) is 37.7 Å². The zero-order valence-corrected chi connectivity index (χ0v) is 13.9. The summed E-state index contributed by atoms with van der Waals surface area (Å²) in [5.41, 5.74) is 2.75.